The summed E-state index contributed by atoms with van der Waals surface area (Å²) in [7, 11) is 0. The van der Waals surface area contributed by atoms with Gasteiger partial charge < -0.3 is 4.40 Å². The van der Waals surface area contributed by atoms with Gasteiger partial charge in [-0.1, -0.05) is 65.8 Å². The molecule has 0 aliphatic rings. The van der Waals surface area contributed by atoms with Crippen LogP contribution in [0.15, 0.2) is 48.5 Å². The fourth-order valence-corrected chi connectivity index (χ4v) is 4.62. The molecule has 0 radical (unpaired) electrons. The molecule has 2 aromatic heterocycles. The lowest BCUT2D eigenvalue weighted by atomic mass is 9.86. The maximum absolute atomic E-state index is 2.51. The van der Waals surface area contributed by atoms with Crippen LogP contribution in [0.1, 0.15) is 58.2 Å². The van der Waals surface area contributed by atoms with Crippen LogP contribution in [0.3, 0.4) is 0 Å². The third kappa shape index (κ3) is 2.32. The first-order chi connectivity index (χ1) is 13.1. The summed E-state index contributed by atoms with van der Waals surface area (Å²) in [6.45, 7) is 16.0. The Labute approximate surface area is 167 Å². The van der Waals surface area contributed by atoms with Crippen LogP contribution in [0, 0.1) is 6.92 Å². The second-order valence-electron chi connectivity index (χ2n) is 10.5. The van der Waals surface area contributed by atoms with Crippen molar-refractivity contribution in [2.75, 3.05) is 0 Å². The van der Waals surface area contributed by atoms with Crippen LogP contribution in [-0.2, 0) is 10.8 Å². The minimum absolute atomic E-state index is 0.137. The molecule has 0 bridgehead atoms. The minimum Gasteiger partial charge on any atom is -0.308 e. The molecule has 0 atom stereocenters. The van der Waals surface area contributed by atoms with Gasteiger partial charge in [0.05, 0.1) is 16.6 Å². The summed E-state index contributed by atoms with van der Waals surface area (Å²) in [5.41, 5.74) is 8.41. The first kappa shape index (κ1) is 17.6. The Morgan fingerprint density at radius 3 is 1.39 bits per heavy atom. The lowest BCUT2D eigenvalue weighted by Crippen LogP contribution is -2.11. The average molecular weight is 368 g/mol. The average Bonchev–Trinajstić information content (AvgIpc) is 3.09. The zero-order valence-corrected chi connectivity index (χ0v) is 18.1. The van der Waals surface area contributed by atoms with Crippen LogP contribution >= 0.6 is 0 Å². The lowest BCUT2D eigenvalue weighted by Gasteiger charge is -2.20. The molecule has 5 aromatic rings. The number of nitrogens with zero attached hydrogens (tertiary/aromatic N) is 1. The van der Waals surface area contributed by atoms with E-state index in [-0.39, 0.29) is 10.8 Å². The van der Waals surface area contributed by atoms with E-state index in [9.17, 15) is 0 Å². The highest BCUT2D eigenvalue weighted by Crippen LogP contribution is 2.41. The lowest BCUT2D eigenvalue weighted by molar-refractivity contribution is 0.591. The fourth-order valence-electron chi connectivity index (χ4n) is 4.62. The van der Waals surface area contributed by atoms with Crippen molar-refractivity contribution in [1.82, 2.24) is 4.40 Å². The first-order valence-electron chi connectivity index (χ1n) is 10.3. The van der Waals surface area contributed by atoms with Crippen LogP contribution < -0.4 is 0 Å². The van der Waals surface area contributed by atoms with E-state index >= 15 is 0 Å². The topological polar surface area (TPSA) is 4.41 Å². The standard InChI is InChI=1S/C27H29N/c1-16-12-21-19-10-8-17(26(2,3)4)14-23(19)28-24-15-18(27(5,6)7)9-11-20(24)22(13-16)25(21)28/h8-15H,1-7H3. The Bertz CT molecular complexity index is 1270. The molecule has 3 aromatic carbocycles. The molecule has 1 heteroatoms. The predicted molar refractivity (Wildman–Crippen MR) is 123 cm³/mol. The molecule has 5 rings (SSSR count). The molecule has 0 amide bonds. The molecule has 2 heterocycles. The monoisotopic (exact) mass is 367 g/mol. The van der Waals surface area contributed by atoms with Gasteiger partial charge in [-0.15, -0.1) is 0 Å². The van der Waals surface area contributed by atoms with Gasteiger partial charge in [-0.05, 0) is 58.7 Å². The van der Waals surface area contributed by atoms with Crippen molar-refractivity contribution in [3.63, 3.8) is 0 Å². The molecular weight excluding hydrogens is 338 g/mol. The molecular formula is C27H29N. The van der Waals surface area contributed by atoms with Gasteiger partial charge in [0.2, 0.25) is 0 Å². The maximum atomic E-state index is 2.51. The zero-order chi connectivity index (χ0) is 20.0. The number of hydrogen-bond acceptors (Lipinski definition) is 0. The Balaban J connectivity index is 2.04. The SMILES string of the molecule is Cc1cc2c3ccc(C(C)(C)C)cc3n3c4cc(C(C)(C)C)ccc4c(c1)c23. The molecule has 0 fully saturated rings. The third-order valence-corrected chi connectivity index (χ3v) is 6.27. The highest BCUT2D eigenvalue weighted by Gasteiger charge is 2.22. The van der Waals surface area contributed by atoms with Crippen molar-refractivity contribution < 1.29 is 0 Å². The minimum atomic E-state index is 0.137. The van der Waals surface area contributed by atoms with Crippen molar-refractivity contribution in [3.05, 3.63) is 65.2 Å². The van der Waals surface area contributed by atoms with Crippen molar-refractivity contribution in [2.45, 2.75) is 59.3 Å². The second-order valence-corrected chi connectivity index (χ2v) is 10.5. The van der Waals surface area contributed by atoms with Gasteiger partial charge in [0.25, 0.3) is 0 Å². The molecule has 1 nitrogen and oxygen atoms in total. The zero-order valence-electron chi connectivity index (χ0n) is 18.1. The number of aryl methyl sites for hydroxylation is 1. The van der Waals surface area contributed by atoms with Crippen molar-refractivity contribution in [1.29, 1.82) is 0 Å². The Hall–Kier alpha value is -2.54. The van der Waals surface area contributed by atoms with Crippen molar-refractivity contribution in [3.8, 4) is 0 Å². The van der Waals surface area contributed by atoms with E-state index in [1.165, 1.54) is 54.8 Å². The smallest absolute Gasteiger partial charge is 0.0620 e. The van der Waals surface area contributed by atoms with Crippen LogP contribution in [0.25, 0.3) is 38.1 Å². The quantitative estimate of drug-likeness (QED) is 0.264. The number of benzene rings is 3. The van der Waals surface area contributed by atoms with E-state index in [4.69, 9.17) is 0 Å². The summed E-state index contributed by atoms with van der Waals surface area (Å²) < 4.78 is 2.51. The third-order valence-electron chi connectivity index (χ3n) is 6.27. The van der Waals surface area contributed by atoms with Gasteiger partial charge in [-0.3, -0.25) is 0 Å². The summed E-state index contributed by atoms with van der Waals surface area (Å²) in [4.78, 5) is 0. The van der Waals surface area contributed by atoms with E-state index in [1.54, 1.807) is 0 Å². The normalized spacial score (nSPS) is 13.5. The molecule has 0 N–H and O–H groups in total. The van der Waals surface area contributed by atoms with E-state index < -0.39 is 0 Å². The van der Waals surface area contributed by atoms with Crippen molar-refractivity contribution >= 4 is 38.1 Å². The van der Waals surface area contributed by atoms with Crippen LogP contribution in [-0.4, -0.2) is 4.40 Å². The summed E-state index contributed by atoms with van der Waals surface area (Å²) in [5.74, 6) is 0. The van der Waals surface area contributed by atoms with Gasteiger partial charge in [0, 0.05) is 21.5 Å². The largest absolute Gasteiger partial charge is 0.308 e. The van der Waals surface area contributed by atoms with Crippen LogP contribution in [0.4, 0.5) is 0 Å². The van der Waals surface area contributed by atoms with Crippen LogP contribution in [0.2, 0.25) is 0 Å². The van der Waals surface area contributed by atoms with Gasteiger partial charge in [0.15, 0.2) is 0 Å². The molecule has 142 valence electrons. The van der Waals surface area contributed by atoms with Gasteiger partial charge in [-0.2, -0.15) is 0 Å². The second kappa shape index (κ2) is 5.29. The van der Waals surface area contributed by atoms with Gasteiger partial charge in [0.1, 0.15) is 0 Å². The molecule has 0 saturated carbocycles. The number of hydrogen-bond donors (Lipinski definition) is 0. The van der Waals surface area contributed by atoms with E-state index in [1.807, 2.05) is 0 Å². The number of aromatic nitrogens is 1. The van der Waals surface area contributed by atoms with Gasteiger partial charge >= 0.3 is 0 Å². The summed E-state index contributed by atoms with van der Waals surface area (Å²) in [6, 6.07) is 18.8. The fraction of sp³-hybridized carbons (Fsp3) is 0.333. The molecule has 0 unspecified atom stereocenters. The Morgan fingerprint density at radius 2 is 1.00 bits per heavy atom. The molecule has 0 aliphatic heterocycles. The van der Waals surface area contributed by atoms with Crippen LogP contribution in [0.5, 0.6) is 0 Å². The molecule has 28 heavy (non-hydrogen) atoms. The molecule has 0 aliphatic carbocycles. The predicted octanol–water partition coefficient (Wildman–Crippen LogP) is 7.74. The highest BCUT2D eigenvalue weighted by molar-refractivity contribution is 6.23. The highest BCUT2D eigenvalue weighted by atomic mass is 14.9. The van der Waals surface area contributed by atoms with E-state index in [0.29, 0.717) is 0 Å². The maximum Gasteiger partial charge on any atom is 0.0620 e. The Morgan fingerprint density at radius 1 is 0.571 bits per heavy atom. The Kier molecular flexibility index (Phi) is 3.31. The summed E-state index contributed by atoms with van der Waals surface area (Å²) >= 11 is 0. The number of rotatable bonds is 0. The van der Waals surface area contributed by atoms with E-state index in [0.717, 1.165) is 0 Å². The van der Waals surface area contributed by atoms with Gasteiger partial charge in [-0.25, -0.2) is 0 Å². The summed E-state index contributed by atoms with van der Waals surface area (Å²) in [5, 5.41) is 5.47. The van der Waals surface area contributed by atoms with Crippen molar-refractivity contribution in [2.24, 2.45) is 0 Å². The molecule has 0 saturated heterocycles. The summed E-state index contributed by atoms with van der Waals surface area (Å²) in [6.07, 6.45) is 0. The van der Waals surface area contributed by atoms with E-state index in [2.05, 4.69) is 101 Å². The first-order valence-corrected chi connectivity index (χ1v) is 10.3. The molecule has 0 spiro atoms. The number of fused-ring (bicyclic) bond motifs is 6.